The van der Waals surface area contributed by atoms with Crippen LogP contribution < -0.4 is 18.5 Å². The first-order chi connectivity index (χ1) is 19.5. The van der Waals surface area contributed by atoms with E-state index in [0.717, 1.165) is 47.7 Å². The third kappa shape index (κ3) is 7.08. The average molecular weight is 658 g/mol. The summed E-state index contributed by atoms with van der Waals surface area (Å²) in [5, 5.41) is 18.5. The highest BCUT2D eigenvalue weighted by Gasteiger charge is 2.32. The fourth-order valence-corrected chi connectivity index (χ4v) is 8.21. The van der Waals surface area contributed by atoms with E-state index in [4.69, 9.17) is 47.5 Å². The van der Waals surface area contributed by atoms with Crippen molar-refractivity contribution >= 4 is 62.2 Å². The molecule has 0 unspecified atom stereocenters. The van der Waals surface area contributed by atoms with E-state index < -0.39 is 35.5 Å². The number of alkyl halides is 1. The molecule has 0 aliphatic rings. The molecule has 0 aliphatic heterocycles. The summed E-state index contributed by atoms with van der Waals surface area (Å²) in [5.74, 6) is -2.15. The van der Waals surface area contributed by atoms with Gasteiger partial charge >= 0.3 is 7.60 Å². The number of thiophene rings is 1. The number of sulfonamides is 1. The fourth-order valence-electron chi connectivity index (χ4n) is 3.35. The van der Waals surface area contributed by atoms with Crippen LogP contribution in [0.2, 0.25) is 5.02 Å². The normalized spacial score (nSPS) is 11.6. The molecule has 1 N–H and O–H groups in total. The van der Waals surface area contributed by atoms with Gasteiger partial charge in [0.05, 0.1) is 22.0 Å². The maximum absolute atomic E-state index is 14.2. The Balaban J connectivity index is 1.64. The van der Waals surface area contributed by atoms with E-state index in [0.29, 0.717) is 15.8 Å². The monoisotopic (exact) mass is 657 g/mol. The minimum absolute atomic E-state index is 0.174. The van der Waals surface area contributed by atoms with Crippen LogP contribution in [0, 0.1) is 34.3 Å². The first-order valence-electron chi connectivity index (χ1n) is 11.3. The van der Waals surface area contributed by atoms with Crippen molar-refractivity contribution in [3.8, 4) is 29.4 Å². The predicted molar refractivity (Wildman–Crippen MR) is 149 cm³/mol. The molecule has 3 aromatic carbocycles. The van der Waals surface area contributed by atoms with Crippen LogP contribution in [0.3, 0.4) is 0 Å². The first kappa shape index (κ1) is 30.5. The molecular formula is C25H16Cl2F2N3O6PS2. The van der Waals surface area contributed by atoms with Crippen LogP contribution in [-0.2, 0) is 14.6 Å². The molecule has 0 bridgehead atoms. The molecule has 0 spiro atoms. The Labute approximate surface area is 247 Å². The van der Waals surface area contributed by atoms with Crippen molar-refractivity contribution in [2.24, 2.45) is 0 Å². The van der Waals surface area contributed by atoms with E-state index in [1.165, 1.54) is 6.07 Å². The number of nitrogens with one attached hydrogen (secondary N) is 1. The molecule has 9 nitrogen and oxygen atoms in total. The molecule has 0 fully saturated rings. The van der Waals surface area contributed by atoms with Crippen LogP contribution in [0.1, 0.15) is 11.1 Å². The summed E-state index contributed by atoms with van der Waals surface area (Å²) in [7, 11) is -8.92. The fraction of sp³-hybridized carbons (Fsp3) is 0.120. The zero-order valence-electron chi connectivity index (χ0n) is 20.4. The molecule has 212 valence electrons. The summed E-state index contributed by atoms with van der Waals surface area (Å²) in [6.45, 7) is 0.186. The zero-order chi connectivity index (χ0) is 29.8. The van der Waals surface area contributed by atoms with Crippen molar-refractivity contribution in [3.05, 3.63) is 82.4 Å². The lowest BCUT2D eigenvalue weighted by molar-refractivity contribution is 0.343. The van der Waals surface area contributed by atoms with Crippen LogP contribution in [0.5, 0.6) is 17.2 Å². The summed E-state index contributed by atoms with van der Waals surface area (Å²) in [6.07, 6.45) is -0.968. The number of hydrogen-bond donors (Lipinski definition) is 1. The van der Waals surface area contributed by atoms with Gasteiger partial charge in [-0.25, -0.2) is 21.8 Å². The maximum Gasteiger partial charge on any atom is 0.445 e. The molecule has 16 heteroatoms. The second-order valence-corrected chi connectivity index (χ2v) is 13.7. The van der Waals surface area contributed by atoms with Gasteiger partial charge in [0, 0.05) is 22.2 Å². The lowest BCUT2D eigenvalue weighted by atomic mass is 10.2. The summed E-state index contributed by atoms with van der Waals surface area (Å²) in [6, 6.07) is 13.6. The van der Waals surface area contributed by atoms with Crippen LogP contribution in [0.15, 0.2) is 58.8 Å². The Morgan fingerprint density at radius 1 is 0.951 bits per heavy atom. The highest BCUT2D eigenvalue weighted by molar-refractivity contribution is 7.92. The van der Waals surface area contributed by atoms with E-state index in [1.54, 1.807) is 24.3 Å². The Morgan fingerprint density at radius 2 is 1.54 bits per heavy atom. The summed E-state index contributed by atoms with van der Waals surface area (Å²) >= 11 is 12.9. The topological polar surface area (TPSA) is 139 Å². The minimum atomic E-state index is -4.57. The standard InChI is InChI=1S/C25H16Cl2F2N3O6PS2/c26-7-8-36-22-5-6-23-19(25(22)27)11-24(40-23)41(34,35)32-14-39(33,37-17-3-1-15(12-30)20(28)9-17)38-18-4-2-16(13-31)21(29)10-18/h1-6,9-11,32H,7-8,14H2. The van der Waals surface area contributed by atoms with Gasteiger partial charge in [0.25, 0.3) is 10.0 Å². The molecular weight excluding hydrogens is 642 g/mol. The van der Waals surface area contributed by atoms with Crippen LogP contribution in [0.25, 0.3) is 10.1 Å². The number of hydrogen-bond acceptors (Lipinski definition) is 9. The molecule has 0 amide bonds. The van der Waals surface area contributed by atoms with Gasteiger partial charge in [-0.15, -0.1) is 22.9 Å². The third-order valence-electron chi connectivity index (χ3n) is 5.24. The molecule has 0 saturated heterocycles. The van der Waals surface area contributed by atoms with Crippen molar-refractivity contribution in [1.29, 1.82) is 10.5 Å². The highest BCUT2D eigenvalue weighted by Crippen LogP contribution is 2.48. The Morgan fingerprint density at radius 3 is 2.05 bits per heavy atom. The van der Waals surface area contributed by atoms with Crippen molar-refractivity contribution in [2.45, 2.75) is 4.21 Å². The van der Waals surface area contributed by atoms with E-state index in [-0.39, 0.29) is 44.3 Å². The maximum atomic E-state index is 14.2. The van der Waals surface area contributed by atoms with Crippen LogP contribution in [0.4, 0.5) is 8.78 Å². The van der Waals surface area contributed by atoms with Gasteiger partial charge in [0.2, 0.25) is 0 Å². The smallest absolute Gasteiger partial charge is 0.445 e. The molecule has 4 rings (SSSR count). The molecule has 0 radical (unpaired) electrons. The molecule has 0 atom stereocenters. The molecule has 41 heavy (non-hydrogen) atoms. The summed E-state index contributed by atoms with van der Waals surface area (Å²) < 4.78 is 87.1. The van der Waals surface area contributed by atoms with Crippen molar-refractivity contribution in [3.63, 3.8) is 0 Å². The van der Waals surface area contributed by atoms with Crippen LogP contribution >= 0.6 is 42.1 Å². The predicted octanol–water partition coefficient (Wildman–Crippen LogP) is 6.78. The van der Waals surface area contributed by atoms with Gasteiger partial charge in [-0.1, -0.05) is 11.6 Å². The minimum Gasteiger partial charge on any atom is -0.491 e. The van der Waals surface area contributed by atoms with Gasteiger partial charge in [-0.2, -0.15) is 15.2 Å². The van der Waals surface area contributed by atoms with E-state index in [9.17, 15) is 21.8 Å². The van der Waals surface area contributed by atoms with Gasteiger partial charge < -0.3 is 13.8 Å². The molecule has 0 saturated carbocycles. The zero-order valence-corrected chi connectivity index (χ0v) is 24.5. The van der Waals surface area contributed by atoms with Gasteiger partial charge in [-0.05, 0) is 42.5 Å². The number of halogens is 4. The van der Waals surface area contributed by atoms with E-state index in [2.05, 4.69) is 4.72 Å². The molecule has 4 aromatic rings. The van der Waals surface area contributed by atoms with E-state index >= 15 is 0 Å². The average Bonchev–Trinajstić information content (AvgIpc) is 3.38. The van der Waals surface area contributed by atoms with Gasteiger partial charge in [0.1, 0.15) is 58.1 Å². The second kappa shape index (κ2) is 12.6. The SMILES string of the molecule is N#Cc1ccc(OP(=O)(CNS(=O)(=O)c2cc3c(Cl)c(OCCCl)ccc3s2)Oc2ccc(C#N)c(F)c2)cc1F. The Kier molecular flexibility index (Phi) is 9.40. The van der Waals surface area contributed by atoms with Crippen LogP contribution in [-0.4, -0.2) is 27.2 Å². The number of rotatable bonds is 11. The molecule has 1 aromatic heterocycles. The summed E-state index contributed by atoms with van der Waals surface area (Å²) in [5.41, 5.74) is -0.634. The Hall–Kier alpha value is -3.42. The molecule has 0 aliphatic carbocycles. The van der Waals surface area contributed by atoms with Crippen molar-refractivity contribution in [1.82, 2.24) is 4.72 Å². The highest BCUT2D eigenvalue weighted by atomic mass is 35.5. The van der Waals surface area contributed by atoms with Crippen molar-refractivity contribution in [2.75, 3.05) is 18.8 Å². The third-order valence-corrected chi connectivity index (χ3v) is 10.5. The van der Waals surface area contributed by atoms with Crippen molar-refractivity contribution < 1.29 is 35.5 Å². The lowest BCUT2D eigenvalue weighted by Crippen LogP contribution is -2.26. The number of benzene rings is 3. The number of nitriles is 2. The van der Waals surface area contributed by atoms with Gasteiger partial charge in [0.15, 0.2) is 0 Å². The molecule has 1 heterocycles. The number of ether oxygens (including phenoxy) is 1. The van der Waals surface area contributed by atoms with E-state index in [1.807, 2.05) is 0 Å². The second-order valence-electron chi connectivity index (χ2n) is 8.00. The number of fused-ring (bicyclic) bond motifs is 1. The largest absolute Gasteiger partial charge is 0.491 e. The Bertz CT molecular complexity index is 1810. The quantitative estimate of drug-likeness (QED) is 0.138. The number of nitrogens with zero attached hydrogens (tertiary/aromatic N) is 2. The van der Waals surface area contributed by atoms with Gasteiger partial charge in [-0.3, -0.25) is 0 Å². The summed E-state index contributed by atoms with van der Waals surface area (Å²) in [4.78, 5) is 0. The first-order valence-corrected chi connectivity index (χ1v) is 16.2. The lowest BCUT2D eigenvalue weighted by Gasteiger charge is -2.20.